The van der Waals surface area contributed by atoms with Gasteiger partial charge in [0.2, 0.25) is 5.69 Å². The third-order valence-electron chi connectivity index (χ3n) is 2.83. The van der Waals surface area contributed by atoms with E-state index in [0.29, 0.717) is 17.1 Å². The van der Waals surface area contributed by atoms with Gasteiger partial charge in [0.1, 0.15) is 0 Å². The Labute approximate surface area is 114 Å². The molecule has 1 N–H and O–H groups in total. The zero-order valence-electron chi connectivity index (χ0n) is 10.3. The van der Waals surface area contributed by atoms with Gasteiger partial charge in [0.05, 0.1) is 12.1 Å². The molecule has 0 saturated heterocycles. The Balaban J connectivity index is 2.07. The van der Waals surface area contributed by atoms with Gasteiger partial charge in [-0.3, -0.25) is 14.9 Å². The highest BCUT2D eigenvalue weighted by Crippen LogP contribution is 2.15. The van der Waals surface area contributed by atoms with Crippen molar-refractivity contribution in [3.8, 4) is 16.9 Å². The Morgan fingerprint density at radius 1 is 1.25 bits per heavy atom. The zero-order valence-corrected chi connectivity index (χ0v) is 10.3. The van der Waals surface area contributed by atoms with Crippen molar-refractivity contribution >= 4 is 5.69 Å². The third-order valence-corrected chi connectivity index (χ3v) is 2.83. The number of hydrogen-bond acceptors (Lipinski definition) is 3. The monoisotopic (exact) mass is 263 g/mol. The molecule has 3 heterocycles. The largest absolute Gasteiger partial charge is 0.296 e. The van der Waals surface area contributed by atoms with Crippen molar-refractivity contribution in [3.05, 3.63) is 70.8 Å². The molecule has 0 amide bonds. The highest BCUT2D eigenvalue weighted by atomic mass is 16.1. The summed E-state index contributed by atoms with van der Waals surface area (Å²) in [4.78, 5) is 23.7. The van der Waals surface area contributed by atoms with E-state index in [0.717, 1.165) is 5.56 Å². The van der Waals surface area contributed by atoms with Crippen molar-refractivity contribution < 1.29 is 0 Å². The first-order valence-electron chi connectivity index (χ1n) is 5.84. The molecule has 6 heteroatoms. The van der Waals surface area contributed by atoms with Crippen molar-refractivity contribution in [1.29, 1.82) is 0 Å². The summed E-state index contributed by atoms with van der Waals surface area (Å²) in [5.74, 6) is 0.442. The second-order valence-corrected chi connectivity index (χ2v) is 4.06. The molecule has 0 aliphatic carbocycles. The van der Waals surface area contributed by atoms with Crippen LogP contribution in [0.4, 0.5) is 5.69 Å². The minimum atomic E-state index is -0.207. The summed E-state index contributed by atoms with van der Waals surface area (Å²) in [6.45, 7) is 6.88. The van der Waals surface area contributed by atoms with Crippen LogP contribution in [0.1, 0.15) is 0 Å². The molecule has 0 aliphatic heterocycles. The number of rotatable bonds is 2. The molecule has 0 spiro atoms. The van der Waals surface area contributed by atoms with E-state index in [1.54, 1.807) is 36.8 Å². The van der Waals surface area contributed by atoms with E-state index in [4.69, 9.17) is 6.57 Å². The summed E-state index contributed by atoms with van der Waals surface area (Å²) in [7, 11) is 0. The fourth-order valence-electron chi connectivity index (χ4n) is 1.85. The van der Waals surface area contributed by atoms with Gasteiger partial charge in [-0.25, -0.2) is 14.5 Å². The van der Waals surface area contributed by atoms with Crippen LogP contribution in [-0.4, -0.2) is 19.7 Å². The smallest absolute Gasteiger partial charge is 0.280 e. The number of nitrogens with zero attached hydrogens (tertiary/aromatic N) is 4. The molecule has 3 aromatic rings. The van der Waals surface area contributed by atoms with Crippen LogP contribution >= 0.6 is 0 Å². The molecule has 6 nitrogen and oxygen atoms in total. The fraction of sp³-hybridized carbons (Fsp3) is 0. The first-order valence-corrected chi connectivity index (χ1v) is 5.84. The number of nitrogens with one attached hydrogen (secondary N) is 1. The molecule has 3 aromatic heterocycles. The van der Waals surface area contributed by atoms with E-state index in [2.05, 4.69) is 19.9 Å². The van der Waals surface area contributed by atoms with Gasteiger partial charge in [0.15, 0.2) is 5.82 Å². The van der Waals surface area contributed by atoms with E-state index in [1.165, 1.54) is 10.9 Å². The highest BCUT2D eigenvalue weighted by Gasteiger charge is 2.10. The number of aromatic nitrogens is 4. The Morgan fingerprint density at radius 2 is 2.15 bits per heavy atom. The van der Waals surface area contributed by atoms with E-state index < -0.39 is 0 Å². The lowest BCUT2D eigenvalue weighted by atomic mass is 10.2. The Kier molecular flexibility index (Phi) is 2.86. The molecular formula is C14H9N5O. The number of pyridine rings is 2. The first kappa shape index (κ1) is 11.9. The van der Waals surface area contributed by atoms with Crippen LogP contribution in [0.5, 0.6) is 0 Å². The zero-order chi connectivity index (χ0) is 13.9. The molecular weight excluding hydrogens is 254 g/mol. The summed E-state index contributed by atoms with van der Waals surface area (Å²) < 4.78 is 1.33. The Bertz CT molecular complexity index is 824. The van der Waals surface area contributed by atoms with Crippen molar-refractivity contribution in [1.82, 2.24) is 19.7 Å². The van der Waals surface area contributed by atoms with Crippen LogP contribution in [0.3, 0.4) is 0 Å². The summed E-state index contributed by atoms with van der Waals surface area (Å²) in [6.07, 6.45) is 6.33. The fourth-order valence-corrected chi connectivity index (χ4v) is 1.85. The van der Waals surface area contributed by atoms with Gasteiger partial charge >= 0.3 is 0 Å². The molecule has 0 bridgehead atoms. The van der Waals surface area contributed by atoms with E-state index in [-0.39, 0.29) is 5.56 Å². The average Bonchev–Trinajstić information content (AvgIpc) is 2.90. The van der Waals surface area contributed by atoms with Crippen molar-refractivity contribution in [2.75, 3.05) is 0 Å². The summed E-state index contributed by atoms with van der Waals surface area (Å²) in [6, 6.07) is 6.83. The molecule has 0 unspecified atom stereocenters. The highest BCUT2D eigenvalue weighted by molar-refractivity contribution is 5.60. The van der Waals surface area contributed by atoms with E-state index >= 15 is 0 Å². The van der Waals surface area contributed by atoms with Gasteiger partial charge in [-0.2, -0.15) is 0 Å². The molecule has 0 radical (unpaired) electrons. The second-order valence-electron chi connectivity index (χ2n) is 4.06. The maximum atomic E-state index is 12.3. The summed E-state index contributed by atoms with van der Waals surface area (Å²) in [5, 5.41) is 2.86. The molecule has 0 atom stereocenters. The van der Waals surface area contributed by atoms with Gasteiger partial charge in [-0.05, 0) is 12.1 Å². The van der Waals surface area contributed by atoms with Crippen LogP contribution in [0.2, 0.25) is 0 Å². The molecule has 0 fully saturated rings. The van der Waals surface area contributed by atoms with E-state index in [1.807, 2.05) is 6.07 Å². The van der Waals surface area contributed by atoms with Crippen LogP contribution < -0.4 is 5.56 Å². The predicted molar refractivity (Wildman–Crippen MR) is 73.7 cm³/mol. The molecule has 0 aliphatic rings. The lowest BCUT2D eigenvalue weighted by Gasteiger charge is -1.99. The third kappa shape index (κ3) is 1.97. The Morgan fingerprint density at radius 3 is 2.80 bits per heavy atom. The maximum Gasteiger partial charge on any atom is 0.280 e. The molecule has 0 saturated carbocycles. The van der Waals surface area contributed by atoms with Crippen molar-refractivity contribution in [2.24, 2.45) is 0 Å². The van der Waals surface area contributed by atoms with Gasteiger partial charge in [0, 0.05) is 30.4 Å². The van der Waals surface area contributed by atoms with E-state index in [9.17, 15) is 4.79 Å². The van der Waals surface area contributed by atoms with Gasteiger partial charge in [-0.15, -0.1) is 0 Å². The van der Waals surface area contributed by atoms with Crippen LogP contribution in [0, 0.1) is 6.57 Å². The second kappa shape index (κ2) is 4.82. The minimum absolute atomic E-state index is 0.207. The number of hydrogen-bond donors (Lipinski definition) is 1. The average molecular weight is 263 g/mol. The first-order chi connectivity index (χ1) is 9.79. The SMILES string of the molecule is [C-]#[N+]c1ccc(-n2[nH]cc(-c3cccnc3)c2=O)nc1. The summed E-state index contributed by atoms with van der Waals surface area (Å²) in [5.41, 5.74) is 1.49. The quantitative estimate of drug-likeness (QED) is 0.720. The Hall–Kier alpha value is -3.20. The van der Waals surface area contributed by atoms with Gasteiger partial charge in [-0.1, -0.05) is 12.1 Å². The molecule has 20 heavy (non-hydrogen) atoms. The molecule has 96 valence electrons. The normalized spacial score (nSPS) is 10.2. The summed E-state index contributed by atoms with van der Waals surface area (Å²) >= 11 is 0. The van der Waals surface area contributed by atoms with Gasteiger partial charge < -0.3 is 0 Å². The topological polar surface area (TPSA) is 67.9 Å². The lowest BCUT2D eigenvalue weighted by Crippen LogP contribution is -2.16. The van der Waals surface area contributed by atoms with Gasteiger partial charge in [0.25, 0.3) is 5.56 Å². The lowest BCUT2D eigenvalue weighted by molar-refractivity contribution is 0.820. The van der Waals surface area contributed by atoms with Crippen molar-refractivity contribution in [2.45, 2.75) is 0 Å². The maximum absolute atomic E-state index is 12.3. The van der Waals surface area contributed by atoms with Crippen LogP contribution in [-0.2, 0) is 0 Å². The standard InChI is InChI=1S/C14H9N5O/c1-15-11-4-5-13(17-8-11)19-14(20)12(9-18-19)10-3-2-6-16-7-10/h2-9,18H. The van der Waals surface area contributed by atoms with Crippen LogP contribution in [0.15, 0.2) is 53.8 Å². The van der Waals surface area contributed by atoms with Crippen molar-refractivity contribution in [3.63, 3.8) is 0 Å². The molecule has 3 rings (SSSR count). The number of aromatic amines is 1. The molecule has 0 aromatic carbocycles. The minimum Gasteiger partial charge on any atom is -0.296 e. The predicted octanol–water partition coefficient (Wildman–Crippen LogP) is 2.17. The number of H-pyrrole nitrogens is 1. The van der Waals surface area contributed by atoms with Crippen LogP contribution in [0.25, 0.3) is 21.8 Å².